The van der Waals surface area contributed by atoms with Gasteiger partial charge in [-0.05, 0) is 25.0 Å². The van der Waals surface area contributed by atoms with Crippen LogP contribution in [0.25, 0.3) is 0 Å². The van der Waals surface area contributed by atoms with Crippen LogP contribution in [0.4, 0.5) is 0 Å². The molecule has 0 spiro atoms. The van der Waals surface area contributed by atoms with Crippen molar-refractivity contribution in [2.45, 2.75) is 25.9 Å². The first-order valence-electron chi connectivity index (χ1n) is 8.89. The first kappa shape index (κ1) is 16.9. The fraction of sp³-hybridized carbons (Fsp3) is 0.364. The molecule has 2 heteroatoms. The van der Waals surface area contributed by atoms with Crippen LogP contribution in [-0.2, 0) is 0 Å². The molecule has 2 aromatic carbocycles. The van der Waals surface area contributed by atoms with E-state index in [1.807, 2.05) is 6.08 Å². The summed E-state index contributed by atoms with van der Waals surface area (Å²) in [6, 6.07) is 20.8. The van der Waals surface area contributed by atoms with Crippen LogP contribution < -0.4 is 0 Å². The van der Waals surface area contributed by atoms with Crippen molar-refractivity contribution < 1.29 is 0 Å². The highest BCUT2D eigenvalue weighted by Crippen LogP contribution is 2.32. The minimum absolute atomic E-state index is 0.327. The van der Waals surface area contributed by atoms with Crippen LogP contribution in [0.1, 0.15) is 29.7 Å². The third-order valence-corrected chi connectivity index (χ3v) is 4.99. The molecule has 0 amide bonds. The number of benzene rings is 2. The standard InChI is InChI=1S/C22H28N2/c1-4-14-23-15-16-24(19(3)17-23)22(20-8-6-5-7-9-20)21-12-10-18(2)11-13-21/h4-13,19,22H,1,14-17H2,2-3H3. The summed E-state index contributed by atoms with van der Waals surface area (Å²) in [5.74, 6) is 0. The Morgan fingerprint density at radius 1 is 1.04 bits per heavy atom. The van der Waals surface area contributed by atoms with Crippen molar-refractivity contribution >= 4 is 0 Å². The Morgan fingerprint density at radius 2 is 1.71 bits per heavy atom. The third kappa shape index (κ3) is 3.77. The van der Waals surface area contributed by atoms with Crippen LogP contribution >= 0.6 is 0 Å². The van der Waals surface area contributed by atoms with Crippen molar-refractivity contribution in [3.63, 3.8) is 0 Å². The SMILES string of the molecule is C=CCN1CCN(C(c2ccccc2)c2ccc(C)cc2)C(C)C1. The highest BCUT2D eigenvalue weighted by Gasteiger charge is 2.30. The highest BCUT2D eigenvalue weighted by molar-refractivity contribution is 5.33. The second-order valence-electron chi connectivity index (χ2n) is 6.86. The van der Waals surface area contributed by atoms with E-state index in [0.717, 1.165) is 26.2 Å². The molecule has 0 N–H and O–H groups in total. The van der Waals surface area contributed by atoms with Crippen LogP contribution in [0.3, 0.4) is 0 Å². The quantitative estimate of drug-likeness (QED) is 0.759. The molecule has 2 aromatic rings. The zero-order valence-corrected chi connectivity index (χ0v) is 14.9. The van der Waals surface area contributed by atoms with Gasteiger partial charge in [0.1, 0.15) is 0 Å². The van der Waals surface area contributed by atoms with Gasteiger partial charge in [0.15, 0.2) is 0 Å². The molecule has 1 fully saturated rings. The molecule has 1 aliphatic heterocycles. The summed E-state index contributed by atoms with van der Waals surface area (Å²) in [5.41, 5.74) is 4.08. The summed E-state index contributed by atoms with van der Waals surface area (Å²) < 4.78 is 0. The lowest BCUT2D eigenvalue weighted by Crippen LogP contribution is -2.53. The van der Waals surface area contributed by atoms with Crippen LogP contribution in [0.15, 0.2) is 67.3 Å². The molecular weight excluding hydrogens is 292 g/mol. The summed E-state index contributed by atoms with van der Waals surface area (Å²) in [6.07, 6.45) is 2.01. The van der Waals surface area contributed by atoms with E-state index >= 15 is 0 Å². The molecule has 1 aliphatic rings. The molecule has 2 unspecified atom stereocenters. The Bertz CT molecular complexity index is 647. The predicted molar refractivity (Wildman–Crippen MR) is 102 cm³/mol. The Labute approximate surface area is 146 Å². The number of nitrogens with zero attached hydrogens (tertiary/aromatic N) is 2. The fourth-order valence-electron chi connectivity index (χ4n) is 3.74. The molecule has 0 saturated carbocycles. The zero-order valence-electron chi connectivity index (χ0n) is 14.9. The Morgan fingerprint density at radius 3 is 2.33 bits per heavy atom. The van der Waals surface area contributed by atoms with Crippen molar-refractivity contribution in [1.82, 2.24) is 9.80 Å². The van der Waals surface area contributed by atoms with Gasteiger partial charge in [-0.15, -0.1) is 6.58 Å². The van der Waals surface area contributed by atoms with E-state index in [1.54, 1.807) is 0 Å². The third-order valence-electron chi connectivity index (χ3n) is 4.99. The summed E-state index contributed by atoms with van der Waals surface area (Å²) >= 11 is 0. The summed E-state index contributed by atoms with van der Waals surface area (Å²) in [7, 11) is 0. The van der Waals surface area contributed by atoms with E-state index in [-0.39, 0.29) is 0 Å². The maximum absolute atomic E-state index is 3.88. The fourth-order valence-corrected chi connectivity index (χ4v) is 3.74. The van der Waals surface area contributed by atoms with Crippen LogP contribution in [-0.4, -0.2) is 42.0 Å². The predicted octanol–water partition coefficient (Wildman–Crippen LogP) is 4.28. The van der Waals surface area contributed by atoms with E-state index in [2.05, 4.69) is 84.8 Å². The number of rotatable bonds is 5. The molecule has 2 nitrogen and oxygen atoms in total. The van der Waals surface area contributed by atoms with Gasteiger partial charge in [0, 0.05) is 32.2 Å². The molecule has 0 aromatic heterocycles. The van der Waals surface area contributed by atoms with Crippen molar-refractivity contribution in [3.8, 4) is 0 Å². The van der Waals surface area contributed by atoms with Gasteiger partial charge in [-0.2, -0.15) is 0 Å². The lowest BCUT2D eigenvalue weighted by Gasteiger charge is -2.44. The minimum Gasteiger partial charge on any atom is -0.297 e. The van der Waals surface area contributed by atoms with E-state index in [4.69, 9.17) is 0 Å². The van der Waals surface area contributed by atoms with Gasteiger partial charge in [-0.3, -0.25) is 9.80 Å². The molecule has 0 radical (unpaired) electrons. The van der Waals surface area contributed by atoms with Crippen LogP contribution in [0.2, 0.25) is 0 Å². The molecule has 1 heterocycles. The maximum Gasteiger partial charge on any atom is 0.0605 e. The molecule has 24 heavy (non-hydrogen) atoms. The highest BCUT2D eigenvalue weighted by atomic mass is 15.3. The molecule has 1 saturated heterocycles. The van der Waals surface area contributed by atoms with Crippen LogP contribution in [0.5, 0.6) is 0 Å². The van der Waals surface area contributed by atoms with Crippen LogP contribution in [0, 0.1) is 6.92 Å². The van der Waals surface area contributed by atoms with Gasteiger partial charge in [0.25, 0.3) is 0 Å². The molecule has 0 aliphatic carbocycles. The zero-order chi connectivity index (χ0) is 16.9. The Balaban J connectivity index is 1.90. The van der Waals surface area contributed by atoms with E-state index in [0.29, 0.717) is 12.1 Å². The van der Waals surface area contributed by atoms with Gasteiger partial charge < -0.3 is 0 Å². The van der Waals surface area contributed by atoms with Crippen molar-refractivity contribution in [3.05, 3.63) is 83.9 Å². The molecular formula is C22H28N2. The summed E-state index contributed by atoms with van der Waals surface area (Å²) in [5, 5.41) is 0. The monoisotopic (exact) mass is 320 g/mol. The largest absolute Gasteiger partial charge is 0.297 e. The number of hydrogen-bond donors (Lipinski definition) is 0. The normalized spacial score (nSPS) is 20.7. The lowest BCUT2D eigenvalue weighted by molar-refractivity contribution is 0.0671. The first-order valence-corrected chi connectivity index (χ1v) is 8.89. The van der Waals surface area contributed by atoms with Crippen molar-refractivity contribution in [2.24, 2.45) is 0 Å². The number of hydrogen-bond acceptors (Lipinski definition) is 2. The van der Waals surface area contributed by atoms with Gasteiger partial charge in [0.05, 0.1) is 6.04 Å². The van der Waals surface area contributed by atoms with Gasteiger partial charge >= 0.3 is 0 Å². The van der Waals surface area contributed by atoms with E-state index < -0.39 is 0 Å². The topological polar surface area (TPSA) is 6.48 Å². The van der Waals surface area contributed by atoms with Gasteiger partial charge in [-0.25, -0.2) is 0 Å². The molecule has 2 atom stereocenters. The van der Waals surface area contributed by atoms with E-state index in [9.17, 15) is 0 Å². The Hall–Kier alpha value is -1.90. The lowest BCUT2D eigenvalue weighted by atomic mass is 9.94. The minimum atomic E-state index is 0.327. The van der Waals surface area contributed by atoms with Crippen molar-refractivity contribution in [2.75, 3.05) is 26.2 Å². The van der Waals surface area contributed by atoms with Gasteiger partial charge in [-0.1, -0.05) is 66.2 Å². The maximum atomic E-state index is 3.88. The average molecular weight is 320 g/mol. The number of piperazine rings is 1. The molecule has 3 rings (SSSR count). The van der Waals surface area contributed by atoms with Crippen molar-refractivity contribution in [1.29, 1.82) is 0 Å². The molecule has 0 bridgehead atoms. The molecule has 126 valence electrons. The smallest absolute Gasteiger partial charge is 0.0605 e. The number of aryl methyl sites for hydroxylation is 1. The summed E-state index contributed by atoms with van der Waals surface area (Å²) in [6.45, 7) is 12.7. The van der Waals surface area contributed by atoms with Gasteiger partial charge in [0.2, 0.25) is 0 Å². The Kier molecular flexibility index (Phi) is 5.49. The first-order chi connectivity index (χ1) is 11.7. The van der Waals surface area contributed by atoms with E-state index in [1.165, 1.54) is 16.7 Å². The second kappa shape index (κ2) is 7.78. The average Bonchev–Trinajstić information content (AvgIpc) is 2.60. The summed E-state index contributed by atoms with van der Waals surface area (Å²) in [4.78, 5) is 5.14. The second-order valence-corrected chi connectivity index (χ2v) is 6.86.